The quantitative estimate of drug-likeness (QED) is 0.317. The van der Waals surface area contributed by atoms with Crippen molar-refractivity contribution in [1.29, 1.82) is 5.26 Å². The van der Waals surface area contributed by atoms with E-state index in [2.05, 4.69) is 24.0 Å². The number of nitriles is 1. The SMILES string of the molecule is [2H]c1c(C)c(N2CC3(CN(C(=O)[C@@H]4CCOC4)C3)C2)cc2c(N(C)c3nc(-c4ccc(C)cc4)c(C#N)s3)c(CC)nn12. The average Bonchev–Trinajstić information content (AvgIpc) is 3.72. The topological polar surface area (TPSA) is 90.0 Å². The highest BCUT2D eigenvalue weighted by molar-refractivity contribution is 7.16. The number of amides is 1. The highest BCUT2D eigenvalue weighted by Gasteiger charge is 2.54. The van der Waals surface area contributed by atoms with Gasteiger partial charge in [-0.25, -0.2) is 9.50 Å². The Morgan fingerprint density at radius 3 is 2.69 bits per heavy atom. The fraction of sp³-hybridized carbons (Fsp3) is 0.438. The van der Waals surface area contributed by atoms with E-state index >= 15 is 0 Å². The molecule has 1 amide bonds. The minimum absolute atomic E-state index is 0.0177. The Kier molecular flexibility index (Phi) is 6.19. The molecule has 1 spiro atoms. The first kappa shape index (κ1) is 25.7. The number of thiazole rings is 1. The van der Waals surface area contributed by atoms with E-state index in [-0.39, 0.29) is 17.2 Å². The molecule has 3 fully saturated rings. The van der Waals surface area contributed by atoms with Gasteiger partial charge in [0, 0.05) is 62.7 Å². The zero-order valence-corrected chi connectivity index (χ0v) is 25.3. The van der Waals surface area contributed by atoms with Gasteiger partial charge in [0.25, 0.3) is 0 Å². The summed E-state index contributed by atoms with van der Waals surface area (Å²) in [6.45, 7) is 10.7. The molecular formula is C32H35N7O2S. The maximum absolute atomic E-state index is 12.8. The summed E-state index contributed by atoms with van der Waals surface area (Å²) in [6, 6.07) is 12.6. The Bertz CT molecular complexity index is 1770. The van der Waals surface area contributed by atoms with Gasteiger partial charge >= 0.3 is 0 Å². The lowest BCUT2D eigenvalue weighted by atomic mass is 9.72. The molecule has 9 nitrogen and oxygen atoms in total. The Labute approximate surface area is 251 Å². The second-order valence-electron chi connectivity index (χ2n) is 12.0. The molecule has 216 valence electrons. The van der Waals surface area contributed by atoms with Gasteiger partial charge < -0.3 is 19.4 Å². The number of aromatic nitrogens is 3. The maximum Gasteiger partial charge on any atom is 0.228 e. The molecule has 0 N–H and O–H groups in total. The fourth-order valence-corrected chi connectivity index (χ4v) is 7.50. The van der Waals surface area contributed by atoms with Crippen molar-refractivity contribution in [3.8, 4) is 17.3 Å². The van der Waals surface area contributed by atoms with Crippen molar-refractivity contribution in [2.45, 2.75) is 33.6 Å². The van der Waals surface area contributed by atoms with Gasteiger partial charge in [-0.15, -0.1) is 0 Å². The van der Waals surface area contributed by atoms with Crippen LogP contribution in [0.3, 0.4) is 0 Å². The molecule has 1 aromatic carbocycles. The van der Waals surface area contributed by atoms with Crippen molar-refractivity contribution in [3.05, 3.63) is 58.2 Å². The number of carbonyl (C=O) groups is 1. The lowest BCUT2D eigenvalue weighted by Crippen LogP contribution is -2.73. The minimum Gasteiger partial charge on any atom is -0.381 e. The van der Waals surface area contributed by atoms with Crippen LogP contribution in [0.25, 0.3) is 16.8 Å². The van der Waals surface area contributed by atoms with E-state index < -0.39 is 0 Å². The van der Waals surface area contributed by atoms with Gasteiger partial charge in [-0.05, 0) is 38.3 Å². The summed E-state index contributed by atoms with van der Waals surface area (Å²) in [5.41, 5.74) is 7.43. The number of aryl methyl sites for hydroxylation is 2. The lowest BCUT2D eigenvalue weighted by molar-refractivity contribution is -0.149. The molecular weight excluding hydrogens is 546 g/mol. The number of likely N-dealkylation sites (tertiary alicyclic amines) is 1. The monoisotopic (exact) mass is 582 g/mol. The number of hydrogen-bond donors (Lipinski definition) is 0. The van der Waals surface area contributed by atoms with E-state index in [1.165, 1.54) is 11.3 Å². The van der Waals surface area contributed by atoms with Crippen LogP contribution in [0.2, 0.25) is 0 Å². The predicted octanol–water partition coefficient (Wildman–Crippen LogP) is 4.96. The summed E-state index contributed by atoms with van der Waals surface area (Å²) in [6.07, 6.45) is 1.89. The Balaban J connectivity index is 1.18. The first-order valence-electron chi connectivity index (χ1n) is 15.1. The average molecular weight is 583 g/mol. The van der Waals surface area contributed by atoms with Gasteiger partial charge in [-0.3, -0.25) is 4.79 Å². The number of ether oxygens (including phenoxy) is 1. The molecule has 3 aromatic heterocycles. The van der Waals surface area contributed by atoms with Crippen LogP contribution in [0.15, 0.2) is 36.5 Å². The van der Waals surface area contributed by atoms with E-state index in [0.717, 1.165) is 71.9 Å². The zero-order chi connectivity index (χ0) is 30.0. The molecule has 0 radical (unpaired) electrons. The van der Waals surface area contributed by atoms with E-state index in [9.17, 15) is 10.1 Å². The molecule has 0 aliphatic carbocycles. The highest BCUT2D eigenvalue weighted by atomic mass is 32.1. The molecule has 4 aromatic rings. The van der Waals surface area contributed by atoms with Crippen molar-refractivity contribution in [1.82, 2.24) is 19.5 Å². The molecule has 42 heavy (non-hydrogen) atoms. The molecule has 3 saturated heterocycles. The number of hydrogen-bond acceptors (Lipinski definition) is 8. The third-order valence-electron chi connectivity index (χ3n) is 8.93. The van der Waals surface area contributed by atoms with Crippen LogP contribution >= 0.6 is 11.3 Å². The second-order valence-corrected chi connectivity index (χ2v) is 13.0. The normalized spacial score (nSPS) is 19.5. The molecule has 10 heteroatoms. The van der Waals surface area contributed by atoms with Crippen LogP contribution < -0.4 is 9.80 Å². The molecule has 0 unspecified atom stereocenters. The van der Waals surface area contributed by atoms with Gasteiger partial charge in [-0.2, -0.15) is 10.4 Å². The predicted molar refractivity (Wildman–Crippen MR) is 165 cm³/mol. The van der Waals surface area contributed by atoms with Gasteiger partial charge in [-0.1, -0.05) is 48.1 Å². The van der Waals surface area contributed by atoms with E-state index in [0.29, 0.717) is 41.5 Å². The van der Waals surface area contributed by atoms with Crippen LogP contribution in [0.4, 0.5) is 16.5 Å². The maximum atomic E-state index is 12.8. The number of pyridine rings is 1. The van der Waals surface area contributed by atoms with Crippen LogP contribution in [-0.4, -0.2) is 71.8 Å². The van der Waals surface area contributed by atoms with E-state index in [1.54, 1.807) is 4.52 Å². The Hall–Kier alpha value is -3.94. The molecule has 0 saturated carbocycles. The fourth-order valence-electron chi connectivity index (χ4n) is 6.64. The number of carbonyl (C=O) groups excluding carboxylic acids is 1. The van der Waals surface area contributed by atoms with Crippen molar-refractivity contribution in [2.75, 3.05) is 56.2 Å². The summed E-state index contributed by atoms with van der Waals surface area (Å²) in [5, 5.41) is 15.5. The summed E-state index contributed by atoms with van der Waals surface area (Å²) in [7, 11) is 1.96. The van der Waals surface area contributed by atoms with E-state index in [4.69, 9.17) is 16.2 Å². The summed E-state index contributed by atoms with van der Waals surface area (Å²) in [4.78, 5) is 24.6. The molecule has 1 atom stereocenters. The van der Waals surface area contributed by atoms with Crippen molar-refractivity contribution in [2.24, 2.45) is 11.3 Å². The van der Waals surface area contributed by atoms with Gasteiger partial charge in [0.2, 0.25) is 5.91 Å². The third-order valence-corrected chi connectivity index (χ3v) is 9.97. The van der Waals surface area contributed by atoms with Crippen LogP contribution in [-0.2, 0) is 16.0 Å². The van der Waals surface area contributed by atoms with Gasteiger partial charge in [0.1, 0.15) is 16.6 Å². The largest absolute Gasteiger partial charge is 0.381 e. The summed E-state index contributed by atoms with van der Waals surface area (Å²) in [5.74, 6) is 0.253. The van der Waals surface area contributed by atoms with E-state index in [1.807, 2.05) is 55.0 Å². The zero-order valence-electron chi connectivity index (χ0n) is 25.5. The standard InChI is InChI=1S/C32H35N7O2S/c1-5-24-29(36(4)31-34-28(27(13-33)42-31)22-8-6-20(2)7-9-22)26-12-25(21(3)14-39(26)35-24)37-16-32(17-37)18-38(19-32)30(40)23-10-11-41-15-23/h6-9,12,14,23H,5,10-11,15-19H2,1-4H3/t23-/m1/s1/i14D. The van der Waals surface area contributed by atoms with Crippen LogP contribution in [0, 0.1) is 36.5 Å². The van der Waals surface area contributed by atoms with Crippen molar-refractivity contribution >= 4 is 39.3 Å². The number of benzene rings is 1. The lowest BCUT2D eigenvalue weighted by Gasteiger charge is -2.61. The molecule has 6 heterocycles. The van der Waals surface area contributed by atoms with Gasteiger partial charge in [0.15, 0.2) is 5.13 Å². The number of anilines is 3. The minimum atomic E-state index is 0.0177. The Morgan fingerprint density at radius 1 is 1.26 bits per heavy atom. The van der Waals surface area contributed by atoms with Gasteiger partial charge in [0.05, 0.1) is 30.8 Å². The van der Waals surface area contributed by atoms with Crippen molar-refractivity contribution in [3.63, 3.8) is 0 Å². The molecule has 3 aliphatic heterocycles. The molecule has 0 bridgehead atoms. The first-order chi connectivity index (χ1) is 20.7. The first-order valence-corrected chi connectivity index (χ1v) is 15.4. The highest BCUT2D eigenvalue weighted by Crippen LogP contribution is 2.45. The smallest absolute Gasteiger partial charge is 0.228 e. The number of fused-ring (bicyclic) bond motifs is 1. The summed E-state index contributed by atoms with van der Waals surface area (Å²) >= 11 is 1.37. The second kappa shape index (κ2) is 10.1. The van der Waals surface area contributed by atoms with Crippen molar-refractivity contribution < 1.29 is 10.9 Å². The molecule has 7 rings (SSSR count). The van der Waals surface area contributed by atoms with Crippen LogP contribution in [0.1, 0.15) is 36.4 Å². The summed E-state index contributed by atoms with van der Waals surface area (Å²) < 4.78 is 16.2. The Morgan fingerprint density at radius 2 is 2.02 bits per heavy atom. The number of rotatable bonds is 6. The number of nitrogens with zero attached hydrogens (tertiary/aromatic N) is 7. The third kappa shape index (κ3) is 4.34. The van der Waals surface area contributed by atoms with Crippen LogP contribution in [0.5, 0.6) is 0 Å². The molecule has 3 aliphatic rings.